The van der Waals surface area contributed by atoms with Crippen molar-refractivity contribution >= 4 is 5.84 Å². The Labute approximate surface area is 74.2 Å². The van der Waals surface area contributed by atoms with Crippen molar-refractivity contribution in [3.63, 3.8) is 0 Å². The second kappa shape index (κ2) is 5.11. The van der Waals surface area contributed by atoms with Crippen LogP contribution in [0.2, 0.25) is 0 Å². The number of hydrogen-bond acceptors (Lipinski definition) is 3. The van der Waals surface area contributed by atoms with Crippen LogP contribution in [0.15, 0.2) is 4.99 Å². The van der Waals surface area contributed by atoms with E-state index in [-0.39, 0.29) is 5.41 Å². The van der Waals surface area contributed by atoms with Gasteiger partial charge in [0.25, 0.3) is 0 Å². The van der Waals surface area contributed by atoms with Gasteiger partial charge in [-0.3, -0.25) is 4.99 Å². The van der Waals surface area contributed by atoms with E-state index in [2.05, 4.69) is 31.2 Å². The number of amidine groups is 1. The van der Waals surface area contributed by atoms with E-state index in [1.807, 2.05) is 0 Å². The number of nitrogens with zero attached hydrogens (tertiary/aromatic N) is 1. The zero-order valence-corrected chi connectivity index (χ0v) is 8.35. The molecule has 0 atom stereocenters. The molecule has 0 spiro atoms. The van der Waals surface area contributed by atoms with Crippen molar-refractivity contribution in [2.75, 3.05) is 20.3 Å². The second-order valence-electron chi connectivity index (χ2n) is 3.62. The Morgan fingerprint density at radius 3 is 2.42 bits per heavy atom. The minimum absolute atomic E-state index is 0.0253. The number of rotatable bonds is 3. The predicted octanol–water partition coefficient (Wildman–Crippen LogP) is 0.541. The molecule has 0 aliphatic rings. The Kier molecular flexibility index (Phi) is 4.85. The lowest BCUT2D eigenvalue weighted by molar-refractivity contribution is 0.207. The third-order valence-corrected chi connectivity index (χ3v) is 1.41. The van der Waals surface area contributed by atoms with Gasteiger partial charge in [0.05, 0.1) is 13.2 Å². The number of ether oxygens (including phenoxy) is 1. The third-order valence-electron chi connectivity index (χ3n) is 1.41. The predicted molar refractivity (Wildman–Crippen MR) is 51.0 cm³/mol. The number of nitrogens with one attached hydrogen (secondary N) is 1. The van der Waals surface area contributed by atoms with E-state index in [1.165, 1.54) is 0 Å². The normalized spacial score (nSPS) is 13.2. The number of hydrazine groups is 1. The van der Waals surface area contributed by atoms with Crippen LogP contribution < -0.4 is 11.3 Å². The second-order valence-corrected chi connectivity index (χ2v) is 3.62. The first-order chi connectivity index (χ1) is 5.52. The molecule has 0 aliphatic carbocycles. The van der Waals surface area contributed by atoms with Crippen LogP contribution in [-0.4, -0.2) is 26.1 Å². The molecule has 0 aliphatic heterocycles. The Balaban J connectivity index is 4.05. The van der Waals surface area contributed by atoms with Crippen LogP contribution in [0.1, 0.15) is 20.8 Å². The summed E-state index contributed by atoms with van der Waals surface area (Å²) in [5.74, 6) is 6.12. The Hall–Kier alpha value is -0.610. The first kappa shape index (κ1) is 11.4. The fourth-order valence-electron chi connectivity index (χ4n) is 0.748. The van der Waals surface area contributed by atoms with E-state index in [0.717, 1.165) is 5.84 Å². The Morgan fingerprint density at radius 2 is 2.08 bits per heavy atom. The summed E-state index contributed by atoms with van der Waals surface area (Å²) in [6.07, 6.45) is 0. The summed E-state index contributed by atoms with van der Waals surface area (Å²) in [5, 5.41) is 0. The van der Waals surface area contributed by atoms with Gasteiger partial charge in [0.15, 0.2) is 0 Å². The van der Waals surface area contributed by atoms with Gasteiger partial charge >= 0.3 is 0 Å². The van der Waals surface area contributed by atoms with Gasteiger partial charge in [-0.1, -0.05) is 20.8 Å². The van der Waals surface area contributed by atoms with Crippen LogP contribution in [0.3, 0.4) is 0 Å². The molecule has 4 nitrogen and oxygen atoms in total. The molecule has 3 N–H and O–H groups in total. The molecule has 72 valence electrons. The zero-order chi connectivity index (χ0) is 9.61. The third kappa shape index (κ3) is 4.31. The van der Waals surface area contributed by atoms with E-state index in [1.54, 1.807) is 7.11 Å². The summed E-state index contributed by atoms with van der Waals surface area (Å²) in [5.41, 5.74) is 2.57. The number of aliphatic imine (C=N–C) groups is 1. The molecular formula is C8H19N3O. The highest BCUT2D eigenvalue weighted by atomic mass is 16.5. The molecule has 0 bridgehead atoms. The van der Waals surface area contributed by atoms with Gasteiger partial charge in [-0.2, -0.15) is 0 Å². The quantitative estimate of drug-likeness (QED) is 0.215. The first-order valence-electron chi connectivity index (χ1n) is 4.03. The van der Waals surface area contributed by atoms with Gasteiger partial charge in [0, 0.05) is 12.5 Å². The van der Waals surface area contributed by atoms with Crippen LogP contribution in [0, 0.1) is 5.41 Å². The minimum Gasteiger partial charge on any atom is -0.383 e. The highest BCUT2D eigenvalue weighted by molar-refractivity contribution is 5.86. The van der Waals surface area contributed by atoms with Crippen molar-refractivity contribution in [1.29, 1.82) is 0 Å². The first-order valence-corrected chi connectivity index (χ1v) is 4.03. The minimum atomic E-state index is -0.0253. The molecule has 0 heterocycles. The number of hydrogen-bond donors (Lipinski definition) is 2. The van der Waals surface area contributed by atoms with E-state index in [0.29, 0.717) is 13.2 Å². The molecule has 0 rings (SSSR count). The molecule has 0 aromatic rings. The van der Waals surface area contributed by atoms with E-state index in [9.17, 15) is 0 Å². The largest absolute Gasteiger partial charge is 0.383 e. The average Bonchev–Trinajstić information content (AvgIpc) is 1.95. The summed E-state index contributed by atoms with van der Waals surface area (Å²) in [7, 11) is 1.65. The molecule has 0 unspecified atom stereocenters. The van der Waals surface area contributed by atoms with E-state index in [4.69, 9.17) is 10.6 Å². The van der Waals surface area contributed by atoms with Gasteiger partial charge in [-0.05, 0) is 0 Å². The monoisotopic (exact) mass is 173 g/mol. The van der Waals surface area contributed by atoms with E-state index >= 15 is 0 Å². The van der Waals surface area contributed by atoms with Crippen LogP contribution in [0.4, 0.5) is 0 Å². The van der Waals surface area contributed by atoms with Crippen LogP contribution in [0.25, 0.3) is 0 Å². The fourth-order valence-corrected chi connectivity index (χ4v) is 0.748. The Bertz CT molecular complexity index is 149. The molecule has 0 aromatic carbocycles. The number of methoxy groups -OCH3 is 1. The van der Waals surface area contributed by atoms with Crippen molar-refractivity contribution in [1.82, 2.24) is 5.43 Å². The standard InChI is InChI=1S/C8H19N3O/c1-8(2,3)7(11-9)10-5-6-12-4/h5-6,9H2,1-4H3,(H,10,11). The van der Waals surface area contributed by atoms with Crippen molar-refractivity contribution < 1.29 is 4.74 Å². The van der Waals surface area contributed by atoms with Crippen LogP contribution in [0.5, 0.6) is 0 Å². The van der Waals surface area contributed by atoms with Crippen molar-refractivity contribution in [2.45, 2.75) is 20.8 Å². The van der Waals surface area contributed by atoms with Gasteiger partial charge < -0.3 is 10.2 Å². The lowest BCUT2D eigenvalue weighted by atomic mass is 9.95. The van der Waals surface area contributed by atoms with Gasteiger partial charge in [-0.25, -0.2) is 5.84 Å². The van der Waals surface area contributed by atoms with Gasteiger partial charge in [0.2, 0.25) is 0 Å². The summed E-state index contributed by atoms with van der Waals surface area (Å²) >= 11 is 0. The van der Waals surface area contributed by atoms with Crippen molar-refractivity contribution in [3.05, 3.63) is 0 Å². The maximum atomic E-state index is 5.32. The summed E-state index contributed by atoms with van der Waals surface area (Å²) in [6.45, 7) is 7.43. The van der Waals surface area contributed by atoms with Crippen molar-refractivity contribution in [3.8, 4) is 0 Å². The van der Waals surface area contributed by atoms with Gasteiger partial charge in [0.1, 0.15) is 5.84 Å². The smallest absolute Gasteiger partial charge is 0.116 e. The maximum absolute atomic E-state index is 5.32. The lowest BCUT2D eigenvalue weighted by Gasteiger charge is -2.20. The molecule has 0 saturated heterocycles. The highest BCUT2D eigenvalue weighted by Gasteiger charge is 2.17. The van der Waals surface area contributed by atoms with Gasteiger partial charge in [-0.15, -0.1) is 0 Å². The average molecular weight is 173 g/mol. The molecule has 0 fully saturated rings. The molecule has 4 heteroatoms. The molecule has 0 amide bonds. The molecule has 0 saturated carbocycles. The molecule has 0 aromatic heterocycles. The highest BCUT2D eigenvalue weighted by Crippen LogP contribution is 2.13. The summed E-state index contributed by atoms with van der Waals surface area (Å²) in [4.78, 5) is 4.26. The topological polar surface area (TPSA) is 59.6 Å². The summed E-state index contributed by atoms with van der Waals surface area (Å²) in [6, 6.07) is 0. The number of nitrogens with two attached hydrogens (primary N) is 1. The molecule has 0 radical (unpaired) electrons. The zero-order valence-electron chi connectivity index (χ0n) is 8.35. The van der Waals surface area contributed by atoms with Crippen LogP contribution in [-0.2, 0) is 4.74 Å². The molecular weight excluding hydrogens is 154 g/mol. The maximum Gasteiger partial charge on any atom is 0.116 e. The van der Waals surface area contributed by atoms with Crippen LogP contribution >= 0.6 is 0 Å². The summed E-state index contributed by atoms with van der Waals surface area (Å²) < 4.78 is 4.87. The Morgan fingerprint density at radius 1 is 1.50 bits per heavy atom. The van der Waals surface area contributed by atoms with E-state index < -0.39 is 0 Å². The SMILES string of the molecule is COCCN=C(NN)C(C)(C)C. The lowest BCUT2D eigenvalue weighted by Crippen LogP contribution is -2.40. The molecule has 12 heavy (non-hydrogen) atoms. The van der Waals surface area contributed by atoms with Crippen molar-refractivity contribution in [2.24, 2.45) is 16.3 Å². The fraction of sp³-hybridized carbons (Fsp3) is 0.875.